The summed E-state index contributed by atoms with van der Waals surface area (Å²) < 4.78 is 1.88. The first-order chi connectivity index (χ1) is 15.4. The molecule has 1 fully saturated rings. The minimum Gasteiger partial charge on any atom is -0.328 e. The van der Waals surface area contributed by atoms with Gasteiger partial charge < -0.3 is 10.2 Å². The van der Waals surface area contributed by atoms with Crippen molar-refractivity contribution in [2.24, 2.45) is 11.8 Å². The molecule has 0 aliphatic carbocycles. The number of hydrogen-bond donors (Lipinski definition) is 1. The second-order valence-corrected chi connectivity index (χ2v) is 9.08. The fraction of sp³-hybridized carbons (Fsp3) is 0.440. The van der Waals surface area contributed by atoms with Crippen molar-refractivity contribution in [3.63, 3.8) is 0 Å². The first-order valence-corrected chi connectivity index (χ1v) is 11.4. The predicted molar refractivity (Wildman–Crippen MR) is 124 cm³/mol. The van der Waals surface area contributed by atoms with Gasteiger partial charge in [0.25, 0.3) is 0 Å². The molecule has 3 heterocycles. The maximum atomic E-state index is 12.9. The maximum absolute atomic E-state index is 12.9. The van der Waals surface area contributed by atoms with Crippen molar-refractivity contribution in [3.8, 4) is 0 Å². The highest BCUT2D eigenvalue weighted by molar-refractivity contribution is 5.98. The SMILES string of the molecule is CC(C)Cc1ccc(C(=O)C2CCN(C(=O)NC(C)c3nnc4ccccn34)CC2)cc1. The van der Waals surface area contributed by atoms with Crippen LogP contribution in [0.3, 0.4) is 0 Å². The van der Waals surface area contributed by atoms with Crippen molar-refractivity contribution in [2.45, 2.75) is 46.1 Å². The summed E-state index contributed by atoms with van der Waals surface area (Å²) in [7, 11) is 0. The van der Waals surface area contributed by atoms with E-state index in [4.69, 9.17) is 0 Å². The van der Waals surface area contributed by atoms with E-state index in [9.17, 15) is 9.59 Å². The molecule has 7 heteroatoms. The van der Waals surface area contributed by atoms with Crippen LogP contribution in [0.1, 0.15) is 61.4 Å². The van der Waals surface area contributed by atoms with Crippen molar-refractivity contribution in [3.05, 3.63) is 65.6 Å². The molecule has 0 spiro atoms. The molecule has 2 amide bonds. The summed E-state index contributed by atoms with van der Waals surface area (Å²) in [5, 5.41) is 11.4. The summed E-state index contributed by atoms with van der Waals surface area (Å²) in [4.78, 5) is 27.5. The fourth-order valence-corrected chi connectivity index (χ4v) is 4.35. The number of aromatic nitrogens is 3. The van der Waals surface area contributed by atoms with Crippen LogP contribution < -0.4 is 5.32 Å². The van der Waals surface area contributed by atoms with Gasteiger partial charge in [-0.25, -0.2) is 4.79 Å². The summed E-state index contributed by atoms with van der Waals surface area (Å²) in [6.07, 6.45) is 4.27. The Morgan fingerprint density at radius 1 is 1.03 bits per heavy atom. The van der Waals surface area contributed by atoms with E-state index in [1.54, 1.807) is 4.90 Å². The molecule has 1 saturated heterocycles. The Morgan fingerprint density at radius 2 is 1.75 bits per heavy atom. The molecule has 1 aromatic carbocycles. The van der Waals surface area contributed by atoms with Crippen LogP contribution in [0.15, 0.2) is 48.7 Å². The second kappa shape index (κ2) is 9.51. The van der Waals surface area contributed by atoms with Gasteiger partial charge in [-0.3, -0.25) is 9.20 Å². The average Bonchev–Trinajstić information content (AvgIpc) is 3.23. The van der Waals surface area contributed by atoms with Crippen LogP contribution in [0.5, 0.6) is 0 Å². The molecule has 168 valence electrons. The molecular weight excluding hydrogens is 402 g/mol. The lowest BCUT2D eigenvalue weighted by Gasteiger charge is -2.32. The Kier molecular flexibility index (Phi) is 6.53. The molecule has 7 nitrogen and oxygen atoms in total. The number of nitrogens with one attached hydrogen (secondary N) is 1. The van der Waals surface area contributed by atoms with Gasteiger partial charge in [0.1, 0.15) is 0 Å². The Bertz CT molecular complexity index is 1080. The number of likely N-dealkylation sites (tertiary alicyclic amines) is 1. The number of hydrogen-bond acceptors (Lipinski definition) is 4. The number of piperidine rings is 1. The summed E-state index contributed by atoms with van der Waals surface area (Å²) in [6.45, 7) is 7.43. The lowest BCUT2D eigenvalue weighted by molar-refractivity contribution is 0.0853. The number of Topliss-reactive ketones (excluding diaryl/α,β-unsaturated/α-hetero) is 1. The summed E-state index contributed by atoms with van der Waals surface area (Å²) in [6, 6.07) is 13.3. The molecule has 0 saturated carbocycles. The normalized spacial score (nSPS) is 15.8. The highest BCUT2D eigenvalue weighted by Crippen LogP contribution is 2.23. The number of urea groups is 1. The van der Waals surface area contributed by atoms with Gasteiger partial charge in [-0.2, -0.15) is 0 Å². The van der Waals surface area contributed by atoms with E-state index in [1.807, 2.05) is 47.9 Å². The van der Waals surface area contributed by atoms with Crippen LogP contribution in [-0.4, -0.2) is 44.4 Å². The first-order valence-electron chi connectivity index (χ1n) is 11.4. The first kappa shape index (κ1) is 22.0. The van der Waals surface area contributed by atoms with E-state index in [-0.39, 0.29) is 23.8 Å². The number of ketones is 1. The van der Waals surface area contributed by atoms with Gasteiger partial charge >= 0.3 is 6.03 Å². The highest BCUT2D eigenvalue weighted by atomic mass is 16.2. The maximum Gasteiger partial charge on any atom is 0.317 e. The van der Waals surface area contributed by atoms with Crippen molar-refractivity contribution < 1.29 is 9.59 Å². The summed E-state index contributed by atoms with van der Waals surface area (Å²) in [5.74, 6) is 1.44. The van der Waals surface area contributed by atoms with Crippen molar-refractivity contribution in [1.82, 2.24) is 24.8 Å². The van der Waals surface area contributed by atoms with Crippen LogP contribution >= 0.6 is 0 Å². The Balaban J connectivity index is 1.31. The summed E-state index contributed by atoms with van der Waals surface area (Å²) >= 11 is 0. The molecular formula is C25H31N5O2. The van der Waals surface area contributed by atoms with Gasteiger partial charge in [0.2, 0.25) is 0 Å². The third-order valence-corrected chi connectivity index (χ3v) is 6.10. The van der Waals surface area contributed by atoms with E-state index < -0.39 is 0 Å². The Hall–Kier alpha value is -3.22. The highest BCUT2D eigenvalue weighted by Gasteiger charge is 2.29. The van der Waals surface area contributed by atoms with Gasteiger partial charge in [-0.05, 0) is 49.8 Å². The molecule has 32 heavy (non-hydrogen) atoms. The zero-order valence-corrected chi connectivity index (χ0v) is 19.0. The fourth-order valence-electron chi connectivity index (χ4n) is 4.35. The van der Waals surface area contributed by atoms with E-state index in [0.29, 0.717) is 37.7 Å². The minimum atomic E-state index is -0.274. The zero-order chi connectivity index (χ0) is 22.7. The monoisotopic (exact) mass is 433 g/mol. The van der Waals surface area contributed by atoms with Gasteiger partial charge in [0.05, 0.1) is 6.04 Å². The lowest BCUT2D eigenvalue weighted by Crippen LogP contribution is -2.46. The minimum absolute atomic E-state index is 0.0344. The topological polar surface area (TPSA) is 79.6 Å². The van der Waals surface area contributed by atoms with E-state index in [0.717, 1.165) is 17.6 Å². The lowest BCUT2D eigenvalue weighted by atomic mass is 9.88. The van der Waals surface area contributed by atoms with Crippen LogP contribution in [0, 0.1) is 11.8 Å². The molecule has 0 radical (unpaired) electrons. The van der Waals surface area contributed by atoms with Gasteiger partial charge in [-0.1, -0.05) is 44.2 Å². The Labute approximate surface area is 188 Å². The van der Waals surface area contributed by atoms with Gasteiger partial charge in [-0.15, -0.1) is 10.2 Å². The number of benzene rings is 1. The largest absolute Gasteiger partial charge is 0.328 e. The number of nitrogens with zero attached hydrogens (tertiary/aromatic N) is 4. The Morgan fingerprint density at radius 3 is 2.44 bits per heavy atom. The van der Waals surface area contributed by atoms with E-state index in [2.05, 4.69) is 41.5 Å². The van der Waals surface area contributed by atoms with E-state index in [1.165, 1.54) is 5.56 Å². The second-order valence-electron chi connectivity index (χ2n) is 9.08. The van der Waals surface area contributed by atoms with Crippen LogP contribution in [0.2, 0.25) is 0 Å². The molecule has 1 unspecified atom stereocenters. The number of carbonyl (C=O) groups is 2. The quantitative estimate of drug-likeness (QED) is 0.588. The van der Waals surface area contributed by atoms with Gasteiger partial charge in [0.15, 0.2) is 17.3 Å². The molecule has 3 aromatic rings. The standard InChI is InChI=1S/C25H31N5O2/c1-17(2)16-19-7-9-20(10-8-19)23(31)21-11-14-29(15-12-21)25(32)26-18(3)24-28-27-22-6-4-5-13-30(22)24/h4-10,13,17-18,21H,11-12,14-16H2,1-3H3,(H,26,32). The molecule has 0 bridgehead atoms. The van der Waals surface area contributed by atoms with Crippen molar-refractivity contribution in [1.29, 1.82) is 0 Å². The van der Waals surface area contributed by atoms with Crippen LogP contribution in [-0.2, 0) is 6.42 Å². The number of fused-ring (bicyclic) bond motifs is 1. The molecule has 1 atom stereocenters. The summed E-state index contributed by atoms with van der Waals surface area (Å²) in [5.41, 5.74) is 2.78. The molecule has 4 rings (SSSR count). The smallest absolute Gasteiger partial charge is 0.317 e. The van der Waals surface area contributed by atoms with Gasteiger partial charge in [0, 0.05) is 30.8 Å². The third-order valence-electron chi connectivity index (χ3n) is 6.10. The number of pyridine rings is 1. The van der Waals surface area contributed by atoms with Crippen LogP contribution in [0.25, 0.3) is 5.65 Å². The molecule has 1 N–H and O–H groups in total. The molecule has 1 aliphatic heterocycles. The van der Waals surface area contributed by atoms with E-state index >= 15 is 0 Å². The number of carbonyl (C=O) groups excluding carboxylic acids is 2. The molecule has 1 aliphatic rings. The third kappa shape index (κ3) is 4.82. The molecule has 2 aromatic heterocycles. The van der Waals surface area contributed by atoms with Crippen molar-refractivity contribution in [2.75, 3.05) is 13.1 Å². The zero-order valence-electron chi connectivity index (χ0n) is 19.0. The van der Waals surface area contributed by atoms with Crippen LogP contribution in [0.4, 0.5) is 4.79 Å². The predicted octanol–water partition coefficient (Wildman–Crippen LogP) is 4.29. The number of amides is 2. The van der Waals surface area contributed by atoms with Crippen molar-refractivity contribution >= 4 is 17.5 Å². The average molecular weight is 434 g/mol. The number of rotatable bonds is 6.